The fraction of sp³-hybridized carbons (Fsp3) is 0.182. The summed E-state index contributed by atoms with van der Waals surface area (Å²) in [5, 5.41) is 13.7. The van der Waals surface area contributed by atoms with E-state index in [1.807, 2.05) is 37.3 Å². The molecule has 0 aliphatic rings. The Balaban J connectivity index is 1.54. The molecule has 1 amide bonds. The molecule has 29 heavy (non-hydrogen) atoms. The van der Waals surface area contributed by atoms with E-state index < -0.39 is 0 Å². The van der Waals surface area contributed by atoms with Crippen LogP contribution in [0.4, 0.5) is 0 Å². The van der Waals surface area contributed by atoms with E-state index in [1.165, 1.54) is 34.2 Å². The van der Waals surface area contributed by atoms with Crippen molar-refractivity contribution in [3.8, 4) is 0 Å². The quantitative estimate of drug-likeness (QED) is 0.484. The van der Waals surface area contributed by atoms with Gasteiger partial charge >= 0.3 is 0 Å². The summed E-state index contributed by atoms with van der Waals surface area (Å²) in [5.41, 5.74) is 3.86. The number of para-hydroxylation sites is 1. The summed E-state index contributed by atoms with van der Waals surface area (Å²) in [5.74, 6) is -0.0917. The number of fused-ring (bicyclic) bond motifs is 1. The molecule has 7 heteroatoms. The van der Waals surface area contributed by atoms with Gasteiger partial charge in [0.15, 0.2) is 4.34 Å². The molecule has 0 spiro atoms. The Hall–Kier alpha value is -2.77. The third-order valence-corrected chi connectivity index (χ3v) is 6.26. The molecule has 0 bridgehead atoms. The van der Waals surface area contributed by atoms with Crippen LogP contribution in [0.25, 0.3) is 10.9 Å². The first-order valence-corrected chi connectivity index (χ1v) is 10.9. The van der Waals surface area contributed by atoms with E-state index in [9.17, 15) is 4.79 Å². The number of hydrogen-bond acceptors (Lipinski definition) is 6. The molecule has 0 saturated heterocycles. The molecule has 0 atom stereocenters. The average molecular weight is 421 g/mol. The lowest BCUT2D eigenvalue weighted by molar-refractivity contribution is 0.0955. The molecule has 0 fully saturated rings. The summed E-state index contributed by atoms with van der Waals surface area (Å²) in [7, 11) is 0. The van der Waals surface area contributed by atoms with Crippen molar-refractivity contribution in [3.63, 3.8) is 0 Å². The monoisotopic (exact) mass is 420 g/mol. The molecule has 2 heterocycles. The van der Waals surface area contributed by atoms with Gasteiger partial charge in [0.1, 0.15) is 10.0 Å². The van der Waals surface area contributed by atoms with Gasteiger partial charge in [-0.15, -0.1) is 10.2 Å². The molecule has 0 aliphatic carbocycles. The fourth-order valence-corrected chi connectivity index (χ4v) is 4.75. The zero-order chi connectivity index (χ0) is 20.2. The predicted molar refractivity (Wildman–Crippen MR) is 118 cm³/mol. The second kappa shape index (κ2) is 8.71. The zero-order valence-electron chi connectivity index (χ0n) is 16.2. The highest BCUT2D eigenvalue weighted by atomic mass is 32.2. The van der Waals surface area contributed by atoms with E-state index in [-0.39, 0.29) is 5.91 Å². The number of hydrogen-bond donors (Lipinski definition) is 1. The van der Waals surface area contributed by atoms with Crippen LogP contribution in [-0.4, -0.2) is 27.6 Å². The topological polar surface area (TPSA) is 67.8 Å². The Morgan fingerprint density at radius 3 is 2.62 bits per heavy atom. The van der Waals surface area contributed by atoms with Gasteiger partial charge in [0, 0.05) is 11.9 Å². The fourth-order valence-electron chi connectivity index (χ4n) is 2.97. The number of benzene rings is 2. The minimum atomic E-state index is -0.0917. The number of nitrogens with zero attached hydrogens (tertiary/aromatic N) is 3. The Kier molecular flexibility index (Phi) is 5.87. The van der Waals surface area contributed by atoms with Gasteiger partial charge in [0.2, 0.25) is 0 Å². The first kappa shape index (κ1) is 19.5. The lowest BCUT2D eigenvalue weighted by Crippen LogP contribution is -2.26. The van der Waals surface area contributed by atoms with Crippen molar-refractivity contribution in [1.29, 1.82) is 0 Å². The first-order chi connectivity index (χ1) is 14.1. The van der Waals surface area contributed by atoms with Crippen molar-refractivity contribution in [3.05, 3.63) is 76.3 Å². The van der Waals surface area contributed by atoms with Crippen LogP contribution in [0, 0.1) is 13.8 Å². The number of pyridine rings is 1. The third kappa shape index (κ3) is 4.81. The SMILES string of the molecule is Cc1ccc(CCNC(=O)c2cc(Sc3nnc(C)s3)nc3ccccc23)cc1. The summed E-state index contributed by atoms with van der Waals surface area (Å²) >= 11 is 2.95. The molecule has 2 aromatic heterocycles. The van der Waals surface area contributed by atoms with Crippen LogP contribution in [0.15, 0.2) is 64.0 Å². The van der Waals surface area contributed by atoms with Crippen molar-refractivity contribution < 1.29 is 4.79 Å². The van der Waals surface area contributed by atoms with Crippen LogP contribution >= 0.6 is 23.1 Å². The minimum Gasteiger partial charge on any atom is -0.352 e. The number of carbonyl (C=O) groups is 1. The molecule has 4 rings (SSSR count). The minimum absolute atomic E-state index is 0.0917. The maximum Gasteiger partial charge on any atom is 0.252 e. The Morgan fingerprint density at radius 2 is 1.86 bits per heavy atom. The first-order valence-electron chi connectivity index (χ1n) is 9.30. The lowest BCUT2D eigenvalue weighted by Gasteiger charge is -2.10. The second-order valence-corrected chi connectivity index (χ2v) is 9.15. The Morgan fingerprint density at radius 1 is 1.07 bits per heavy atom. The van der Waals surface area contributed by atoms with Crippen molar-refractivity contribution in [2.75, 3.05) is 6.54 Å². The predicted octanol–water partition coefficient (Wildman–Crippen LogP) is 4.83. The van der Waals surface area contributed by atoms with Crippen LogP contribution in [0.1, 0.15) is 26.5 Å². The zero-order valence-corrected chi connectivity index (χ0v) is 17.8. The smallest absolute Gasteiger partial charge is 0.252 e. The van der Waals surface area contributed by atoms with Crippen molar-refractivity contribution in [2.24, 2.45) is 0 Å². The lowest BCUT2D eigenvalue weighted by atomic mass is 10.1. The van der Waals surface area contributed by atoms with Gasteiger partial charge in [-0.25, -0.2) is 4.98 Å². The van der Waals surface area contributed by atoms with E-state index in [1.54, 1.807) is 0 Å². The van der Waals surface area contributed by atoms with E-state index in [4.69, 9.17) is 0 Å². The normalized spacial score (nSPS) is 11.0. The number of aryl methyl sites for hydroxylation is 2. The largest absolute Gasteiger partial charge is 0.352 e. The van der Waals surface area contributed by atoms with Crippen LogP contribution in [0.3, 0.4) is 0 Å². The van der Waals surface area contributed by atoms with Gasteiger partial charge in [-0.3, -0.25) is 4.79 Å². The molecule has 0 saturated carbocycles. The average Bonchev–Trinajstić information content (AvgIpc) is 3.13. The van der Waals surface area contributed by atoms with Crippen LogP contribution in [0.5, 0.6) is 0 Å². The van der Waals surface area contributed by atoms with Crippen molar-refractivity contribution >= 4 is 39.9 Å². The molecular formula is C22H20N4OS2. The molecule has 1 N–H and O–H groups in total. The van der Waals surface area contributed by atoms with Gasteiger partial charge < -0.3 is 5.32 Å². The summed E-state index contributed by atoms with van der Waals surface area (Å²) in [6, 6.07) is 17.9. The maximum absolute atomic E-state index is 12.9. The second-order valence-electron chi connectivity index (χ2n) is 6.71. The number of aromatic nitrogens is 3. The summed E-state index contributed by atoms with van der Waals surface area (Å²) in [6.07, 6.45) is 0.792. The van der Waals surface area contributed by atoms with E-state index >= 15 is 0 Å². The van der Waals surface area contributed by atoms with E-state index in [2.05, 4.69) is 51.7 Å². The Labute approximate surface area is 177 Å². The number of carbonyl (C=O) groups excluding carboxylic acids is 1. The molecular weight excluding hydrogens is 400 g/mol. The van der Waals surface area contributed by atoms with Gasteiger partial charge in [-0.2, -0.15) is 0 Å². The number of amides is 1. The third-order valence-electron chi connectivity index (χ3n) is 4.46. The van der Waals surface area contributed by atoms with Crippen molar-refractivity contribution in [1.82, 2.24) is 20.5 Å². The highest BCUT2D eigenvalue weighted by Crippen LogP contribution is 2.31. The molecule has 5 nitrogen and oxygen atoms in total. The number of rotatable bonds is 6. The highest BCUT2D eigenvalue weighted by molar-refractivity contribution is 8.01. The molecule has 0 unspecified atom stereocenters. The highest BCUT2D eigenvalue weighted by Gasteiger charge is 2.14. The van der Waals surface area contributed by atoms with Crippen LogP contribution in [-0.2, 0) is 6.42 Å². The number of nitrogens with one attached hydrogen (secondary N) is 1. The van der Waals surface area contributed by atoms with E-state index in [0.29, 0.717) is 12.1 Å². The maximum atomic E-state index is 12.9. The molecule has 0 radical (unpaired) electrons. The summed E-state index contributed by atoms with van der Waals surface area (Å²) < 4.78 is 0.816. The summed E-state index contributed by atoms with van der Waals surface area (Å²) in [6.45, 7) is 4.57. The molecule has 4 aromatic rings. The van der Waals surface area contributed by atoms with Crippen LogP contribution < -0.4 is 5.32 Å². The van der Waals surface area contributed by atoms with E-state index in [0.717, 1.165) is 31.7 Å². The Bertz CT molecular complexity index is 1160. The molecule has 0 aliphatic heterocycles. The van der Waals surface area contributed by atoms with Gasteiger partial charge in [-0.1, -0.05) is 59.4 Å². The molecule has 146 valence electrons. The standard InChI is InChI=1S/C22H20N4OS2/c1-14-7-9-16(10-8-14)11-12-23-21(27)18-13-20(29-22-26-25-15(2)28-22)24-19-6-4-3-5-17(18)19/h3-10,13H,11-12H2,1-2H3,(H,23,27). The van der Waals surface area contributed by atoms with Gasteiger partial charge in [-0.05, 0) is 49.7 Å². The van der Waals surface area contributed by atoms with Crippen LogP contribution in [0.2, 0.25) is 0 Å². The van der Waals surface area contributed by atoms with Gasteiger partial charge in [0.25, 0.3) is 5.91 Å². The summed E-state index contributed by atoms with van der Waals surface area (Å²) in [4.78, 5) is 17.6. The van der Waals surface area contributed by atoms with Crippen molar-refractivity contribution in [2.45, 2.75) is 29.6 Å². The molecule has 2 aromatic carbocycles. The van der Waals surface area contributed by atoms with Gasteiger partial charge in [0.05, 0.1) is 11.1 Å².